The third-order valence-corrected chi connectivity index (χ3v) is 3.28. The van der Waals surface area contributed by atoms with Gasteiger partial charge in [0.1, 0.15) is 19.6 Å². The van der Waals surface area contributed by atoms with Crippen LogP contribution in [-0.2, 0) is 6.54 Å². The lowest BCUT2D eigenvalue weighted by molar-refractivity contribution is -1.08. The van der Waals surface area contributed by atoms with Crippen LogP contribution in [0.25, 0.3) is 0 Å². The largest absolute Gasteiger partial charge is 0.314 e. The molecular formula is C19H22NO+. The average Bonchev–Trinajstić information content (AvgIpc) is 2.50. The Kier molecular flexibility index (Phi) is 5.35. The molecule has 0 fully saturated rings. The lowest BCUT2D eigenvalue weighted by Gasteiger charge is -2.34. The van der Waals surface area contributed by atoms with Gasteiger partial charge in [0, 0.05) is 5.56 Å². The fraction of sp³-hybridized carbons (Fsp3) is 0.158. The van der Waals surface area contributed by atoms with Gasteiger partial charge in [-0.1, -0.05) is 61.7 Å². The summed E-state index contributed by atoms with van der Waals surface area (Å²) >= 11 is 0. The normalized spacial score (nSPS) is 10.9. The van der Waals surface area contributed by atoms with Gasteiger partial charge in [-0.3, -0.25) is 0 Å². The first-order valence-electron chi connectivity index (χ1n) is 7.14. The molecule has 2 heteroatoms. The Hall–Kier alpha value is -2.32. The first-order chi connectivity index (χ1) is 10.3. The third kappa shape index (κ3) is 4.33. The van der Waals surface area contributed by atoms with Crippen molar-refractivity contribution in [1.29, 1.82) is 0 Å². The van der Waals surface area contributed by atoms with E-state index in [1.807, 2.05) is 60.7 Å². The van der Waals surface area contributed by atoms with E-state index in [1.165, 1.54) is 5.56 Å². The summed E-state index contributed by atoms with van der Waals surface area (Å²) in [6, 6.07) is 20.3. The molecule has 108 valence electrons. The fourth-order valence-corrected chi connectivity index (χ4v) is 2.40. The Morgan fingerprint density at radius 2 is 1.33 bits per heavy atom. The van der Waals surface area contributed by atoms with Crippen molar-refractivity contribution < 1.29 is 9.48 Å². The zero-order valence-electron chi connectivity index (χ0n) is 12.3. The van der Waals surface area contributed by atoms with Gasteiger partial charge in [0.15, 0.2) is 5.75 Å². The van der Waals surface area contributed by atoms with Crippen LogP contribution in [0.4, 0.5) is 0 Å². The zero-order valence-corrected chi connectivity index (χ0v) is 12.3. The van der Waals surface area contributed by atoms with Gasteiger partial charge in [0.25, 0.3) is 0 Å². The molecule has 2 aromatic carbocycles. The van der Waals surface area contributed by atoms with Gasteiger partial charge in [-0.05, 0) is 24.3 Å². The Bertz CT molecular complexity index is 509. The number of hydroxylamine groups is 3. The van der Waals surface area contributed by atoms with Crippen LogP contribution in [0.3, 0.4) is 0 Å². The summed E-state index contributed by atoms with van der Waals surface area (Å²) in [6.07, 6.45) is 3.80. The number of benzene rings is 2. The first-order valence-corrected chi connectivity index (χ1v) is 7.14. The number of para-hydroxylation sites is 1. The summed E-state index contributed by atoms with van der Waals surface area (Å²) in [4.78, 5) is 6.28. The van der Waals surface area contributed by atoms with E-state index in [2.05, 4.69) is 25.3 Å². The van der Waals surface area contributed by atoms with Crippen LogP contribution >= 0.6 is 0 Å². The maximum absolute atomic E-state index is 6.28. The van der Waals surface area contributed by atoms with E-state index < -0.39 is 0 Å². The number of quaternary nitrogens is 1. The summed E-state index contributed by atoms with van der Waals surface area (Å²) in [7, 11) is 0. The molecule has 2 aromatic rings. The smallest absolute Gasteiger partial charge is 0.190 e. The molecule has 0 saturated heterocycles. The molecule has 0 bridgehead atoms. The molecule has 0 saturated carbocycles. The minimum Gasteiger partial charge on any atom is -0.314 e. The van der Waals surface area contributed by atoms with E-state index in [0.29, 0.717) is 4.65 Å². The Labute approximate surface area is 127 Å². The Morgan fingerprint density at radius 1 is 0.810 bits per heavy atom. The van der Waals surface area contributed by atoms with E-state index in [4.69, 9.17) is 4.84 Å². The highest BCUT2D eigenvalue weighted by Crippen LogP contribution is 2.21. The van der Waals surface area contributed by atoms with Crippen LogP contribution in [-0.4, -0.2) is 17.7 Å². The van der Waals surface area contributed by atoms with E-state index in [9.17, 15) is 0 Å². The van der Waals surface area contributed by atoms with Crippen LogP contribution in [0.2, 0.25) is 0 Å². The topological polar surface area (TPSA) is 9.23 Å². The first kappa shape index (κ1) is 15.1. The molecule has 0 unspecified atom stereocenters. The van der Waals surface area contributed by atoms with Crippen molar-refractivity contribution in [3.63, 3.8) is 0 Å². The molecule has 0 aromatic heterocycles. The van der Waals surface area contributed by atoms with Gasteiger partial charge in [-0.25, -0.2) is 0 Å². The van der Waals surface area contributed by atoms with E-state index in [0.717, 1.165) is 25.4 Å². The van der Waals surface area contributed by atoms with Crippen molar-refractivity contribution in [2.75, 3.05) is 13.1 Å². The van der Waals surface area contributed by atoms with Crippen LogP contribution < -0.4 is 4.84 Å². The monoisotopic (exact) mass is 280 g/mol. The van der Waals surface area contributed by atoms with Gasteiger partial charge in [-0.2, -0.15) is 0 Å². The summed E-state index contributed by atoms with van der Waals surface area (Å²) in [5.74, 6) is 0.858. The molecule has 0 aliphatic rings. The molecule has 0 atom stereocenters. The van der Waals surface area contributed by atoms with Gasteiger partial charge < -0.3 is 4.84 Å². The maximum atomic E-state index is 6.28. The van der Waals surface area contributed by atoms with Gasteiger partial charge in [0.2, 0.25) is 0 Å². The SMILES string of the molecule is C=CC[N+](CC=C)(Cc1ccccc1)Oc1ccccc1. The van der Waals surface area contributed by atoms with E-state index in [1.54, 1.807) is 0 Å². The number of hydrogen-bond acceptors (Lipinski definition) is 1. The minimum absolute atomic E-state index is 0.432. The van der Waals surface area contributed by atoms with Gasteiger partial charge in [0.05, 0.1) is 0 Å². The summed E-state index contributed by atoms with van der Waals surface area (Å²) in [6.45, 7) is 9.97. The molecule has 2 rings (SSSR count). The van der Waals surface area contributed by atoms with Crippen molar-refractivity contribution >= 4 is 0 Å². The number of rotatable bonds is 8. The second-order valence-electron chi connectivity index (χ2n) is 5.05. The van der Waals surface area contributed by atoms with Crippen LogP contribution in [0.15, 0.2) is 86.0 Å². The van der Waals surface area contributed by atoms with E-state index in [-0.39, 0.29) is 0 Å². The number of hydrogen-bond donors (Lipinski definition) is 0. The highest BCUT2D eigenvalue weighted by Gasteiger charge is 2.29. The van der Waals surface area contributed by atoms with Crippen LogP contribution in [0, 0.1) is 0 Å². The summed E-state index contributed by atoms with van der Waals surface area (Å²) in [5, 5.41) is 0. The molecule has 0 aliphatic carbocycles. The van der Waals surface area contributed by atoms with Crippen molar-refractivity contribution in [3.8, 4) is 5.75 Å². The van der Waals surface area contributed by atoms with Crippen molar-refractivity contribution in [1.82, 2.24) is 0 Å². The molecule has 0 heterocycles. The van der Waals surface area contributed by atoms with Crippen molar-refractivity contribution in [2.45, 2.75) is 6.54 Å². The number of nitrogens with zero attached hydrogens (tertiary/aromatic N) is 1. The predicted octanol–water partition coefficient (Wildman–Crippen LogP) is 4.37. The van der Waals surface area contributed by atoms with Crippen LogP contribution in [0.1, 0.15) is 5.56 Å². The lowest BCUT2D eigenvalue weighted by atomic mass is 10.2. The lowest BCUT2D eigenvalue weighted by Crippen LogP contribution is -2.50. The molecular weight excluding hydrogens is 258 g/mol. The maximum Gasteiger partial charge on any atom is 0.190 e. The summed E-state index contributed by atoms with van der Waals surface area (Å²) < 4.78 is 0.432. The quantitative estimate of drug-likeness (QED) is 0.396. The second-order valence-corrected chi connectivity index (χ2v) is 5.05. The molecule has 0 amide bonds. The summed E-state index contributed by atoms with van der Waals surface area (Å²) in [5.41, 5.74) is 1.23. The van der Waals surface area contributed by atoms with Crippen molar-refractivity contribution in [3.05, 3.63) is 91.5 Å². The second kappa shape index (κ2) is 7.46. The zero-order chi connectivity index (χ0) is 15.0. The van der Waals surface area contributed by atoms with Gasteiger partial charge in [-0.15, -0.1) is 4.65 Å². The van der Waals surface area contributed by atoms with E-state index >= 15 is 0 Å². The third-order valence-electron chi connectivity index (χ3n) is 3.28. The van der Waals surface area contributed by atoms with Gasteiger partial charge >= 0.3 is 0 Å². The molecule has 0 spiro atoms. The fourth-order valence-electron chi connectivity index (χ4n) is 2.40. The standard InChI is InChI=1S/C19H22NO/c1-3-15-20(16-4-2,17-18-11-7-5-8-12-18)21-19-13-9-6-10-14-19/h3-14H,1-2,15-17H2/q+1. The predicted molar refractivity (Wildman–Crippen MR) is 87.6 cm³/mol. The van der Waals surface area contributed by atoms with Crippen molar-refractivity contribution in [2.24, 2.45) is 0 Å². The molecule has 0 N–H and O–H groups in total. The minimum atomic E-state index is 0.432. The Morgan fingerprint density at radius 3 is 1.86 bits per heavy atom. The Balaban J connectivity index is 2.27. The highest BCUT2D eigenvalue weighted by molar-refractivity contribution is 5.20. The molecule has 0 aliphatic heterocycles. The molecule has 0 radical (unpaired) electrons. The molecule has 21 heavy (non-hydrogen) atoms. The average molecular weight is 280 g/mol. The van der Waals surface area contributed by atoms with Crippen LogP contribution in [0.5, 0.6) is 5.75 Å². The highest BCUT2D eigenvalue weighted by atomic mass is 16.7. The molecule has 2 nitrogen and oxygen atoms in total.